The van der Waals surface area contributed by atoms with Gasteiger partial charge in [-0.1, -0.05) is 35.3 Å². The van der Waals surface area contributed by atoms with Gasteiger partial charge >= 0.3 is 0 Å². The average Bonchev–Trinajstić information content (AvgIpc) is 2.41. The molecular formula is C15H14BrCl2NO. The molecule has 1 N–H and O–H groups in total. The van der Waals surface area contributed by atoms with Crippen LogP contribution in [0, 0.1) is 0 Å². The van der Waals surface area contributed by atoms with Crippen molar-refractivity contribution in [2.45, 2.75) is 13.5 Å². The van der Waals surface area contributed by atoms with E-state index >= 15 is 0 Å². The summed E-state index contributed by atoms with van der Waals surface area (Å²) in [5.74, 6) is 0.769. The summed E-state index contributed by atoms with van der Waals surface area (Å²) < 4.78 is 6.48. The molecule has 0 spiro atoms. The van der Waals surface area contributed by atoms with Gasteiger partial charge in [0, 0.05) is 16.6 Å². The molecule has 0 aliphatic rings. The Hall–Kier alpha value is -0.900. The molecule has 0 aromatic heterocycles. The lowest BCUT2D eigenvalue weighted by Crippen LogP contribution is -2.03. The molecule has 0 aliphatic heterocycles. The molecule has 0 unspecified atom stereocenters. The van der Waals surface area contributed by atoms with Crippen molar-refractivity contribution in [1.82, 2.24) is 0 Å². The van der Waals surface area contributed by atoms with Gasteiger partial charge in [0.2, 0.25) is 0 Å². The minimum absolute atomic E-state index is 0.593. The summed E-state index contributed by atoms with van der Waals surface area (Å²) in [4.78, 5) is 0. The van der Waals surface area contributed by atoms with E-state index in [-0.39, 0.29) is 0 Å². The molecule has 20 heavy (non-hydrogen) atoms. The third kappa shape index (κ3) is 4.05. The summed E-state index contributed by atoms with van der Waals surface area (Å²) in [7, 11) is 0. The van der Waals surface area contributed by atoms with Gasteiger partial charge in [-0.25, -0.2) is 0 Å². The van der Waals surface area contributed by atoms with Crippen molar-refractivity contribution >= 4 is 44.8 Å². The Balaban J connectivity index is 2.17. The van der Waals surface area contributed by atoms with Gasteiger partial charge in [-0.05, 0) is 52.7 Å². The second-order valence-corrected chi connectivity index (χ2v) is 5.90. The molecule has 0 heterocycles. The highest BCUT2D eigenvalue weighted by Gasteiger charge is 2.10. The summed E-state index contributed by atoms with van der Waals surface area (Å²) in [6, 6.07) is 11.4. The molecule has 0 radical (unpaired) electrons. The smallest absolute Gasteiger partial charge is 0.156 e. The van der Waals surface area contributed by atoms with Gasteiger partial charge < -0.3 is 10.1 Å². The molecule has 106 valence electrons. The number of benzene rings is 2. The molecule has 0 fully saturated rings. The van der Waals surface area contributed by atoms with Crippen LogP contribution in [-0.2, 0) is 6.54 Å². The summed E-state index contributed by atoms with van der Waals surface area (Å²) in [6.07, 6.45) is 0. The van der Waals surface area contributed by atoms with E-state index in [1.807, 2.05) is 43.3 Å². The van der Waals surface area contributed by atoms with Crippen molar-refractivity contribution in [3.05, 3.63) is 56.5 Å². The number of nitrogens with one attached hydrogen (secondary N) is 1. The predicted molar refractivity (Wildman–Crippen MR) is 89.1 cm³/mol. The molecule has 0 saturated carbocycles. The lowest BCUT2D eigenvalue weighted by atomic mass is 10.2. The standard InChI is InChI=1S/C15H14BrCl2NO/c1-2-20-15-13(16)7-12(18)8-14(15)19-9-10-3-5-11(17)6-4-10/h3-8,19H,2,9H2,1H3. The highest BCUT2D eigenvalue weighted by atomic mass is 79.9. The summed E-state index contributed by atoms with van der Waals surface area (Å²) >= 11 is 15.4. The molecule has 0 atom stereocenters. The Morgan fingerprint density at radius 3 is 2.45 bits per heavy atom. The van der Waals surface area contributed by atoms with Crippen molar-refractivity contribution in [3.8, 4) is 5.75 Å². The highest BCUT2D eigenvalue weighted by molar-refractivity contribution is 9.10. The van der Waals surface area contributed by atoms with Crippen LogP contribution in [-0.4, -0.2) is 6.61 Å². The number of hydrogen-bond acceptors (Lipinski definition) is 2. The van der Waals surface area contributed by atoms with Crippen LogP contribution in [0.2, 0.25) is 10.0 Å². The van der Waals surface area contributed by atoms with Gasteiger partial charge in [0.05, 0.1) is 16.8 Å². The van der Waals surface area contributed by atoms with E-state index in [0.29, 0.717) is 18.2 Å². The molecule has 2 aromatic rings. The van der Waals surface area contributed by atoms with Gasteiger partial charge in [-0.15, -0.1) is 0 Å². The first kappa shape index (κ1) is 15.5. The zero-order valence-electron chi connectivity index (χ0n) is 10.9. The second kappa shape index (κ2) is 7.21. The third-order valence-electron chi connectivity index (χ3n) is 2.69. The van der Waals surface area contributed by atoms with Crippen molar-refractivity contribution in [3.63, 3.8) is 0 Å². The predicted octanol–water partition coefficient (Wildman–Crippen LogP) is 5.77. The van der Waals surface area contributed by atoms with Crippen LogP contribution in [0.15, 0.2) is 40.9 Å². The van der Waals surface area contributed by atoms with Crippen molar-refractivity contribution in [2.24, 2.45) is 0 Å². The van der Waals surface area contributed by atoms with E-state index in [2.05, 4.69) is 21.2 Å². The summed E-state index contributed by atoms with van der Waals surface area (Å²) in [5.41, 5.74) is 1.99. The second-order valence-electron chi connectivity index (χ2n) is 4.18. The fraction of sp³-hybridized carbons (Fsp3) is 0.200. The first-order chi connectivity index (χ1) is 9.60. The quantitative estimate of drug-likeness (QED) is 0.717. The molecule has 5 heteroatoms. The van der Waals surface area contributed by atoms with Gasteiger partial charge in [0.1, 0.15) is 0 Å². The SMILES string of the molecule is CCOc1c(Br)cc(Cl)cc1NCc1ccc(Cl)cc1. The average molecular weight is 375 g/mol. The molecule has 2 rings (SSSR count). The van der Waals surface area contributed by atoms with E-state index in [9.17, 15) is 0 Å². The Morgan fingerprint density at radius 1 is 1.10 bits per heavy atom. The fourth-order valence-electron chi connectivity index (χ4n) is 1.78. The van der Waals surface area contributed by atoms with Gasteiger partial charge in [-0.2, -0.15) is 0 Å². The largest absolute Gasteiger partial charge is 0.491 e. The third-order valence-corrected chi connectivity index (χ3v) is 3.75. The molecule has 0 amide bonds. The maximum absolute atomic E-state index is 6.08. The van der Waals surface area contributed by atoms with Crippen LogP contribution in [0.5, 0.6) is 5.75 Å². The lowest BCUT2D eigenvalue weighted by molar-refractivity contribution is 0.339. The Labute approximate surface area is 137 Å². The van der Waals surface area contributed by atoms with Crippen LogP contribution in [0.25, 0.3) is 0 Å². The molecule has 2 nitrogen and oxygen atoms in total. The van der Waals surface area contributed by atoms with Crippen molar-refractivity contribution in [2.75, 3.05) is 11.9 Å². The van der Waals surface area contributed by atoms with E-state index in [0.717, 1.165) is 26.5 Å². The Bertz CT molecular complexity index is 587. The molecule has 0 saturated heterocycles. The minimum atomic E-state index is 0.593. The van der Waals surface area contributed by atoms with Crippen molar-refractivity contribution < 1.29 is 4.74 Å². The maximum Gasteiger partial charge on any atom is 0.156 e. The van der Waals surface area contributed by atoms with Crippen LogP contribution < -0.4 is 10.1 Å². The van der Waals surface area contributed by atoms with Crippen LogP contribution in [0.1, 0.15) is 12.5 Å². The highest BCUT2D eigenvalue weighted by Crippen LogP contribution is 2.36. The molecule has 2 aromatic carbocycles. The van der Waals surface area contributed by atoms with Gasteiger partial charge in [-0.3, -0.25) is 0 Å². The maximum atomic E-state index is 6.08. The number of rotatable bonds is 5. The van der Waals surface area contributed by atoms with Crippen LogP contribution in [0.4, 0.5) is 5.69 Å². The molecule has 0 aliphatic carbocycles. The zero-order chi connectivity index (χ0) is 14.5. The first-order valence-electron chi connectivity index (χ1n) is 6.20. The first-order valence-corrected chi connectivity index (χ1v) is 7.75. The van der Waals surface area contributed by atoms with E-state index in [1.54, 1.807) is 0 Å². The van der Waals surface area contributed by atoms with Crippen LogP contribution >= 0.6 is 39.1 Å². The van der Waals surface area contributed by atoms with Gasteiger partial charge in [0.15, 0.2) is 5.75 Å². The minimum Gasteiger partial charge on any atom is -0.491 e. The van der Waals surface area contributed by atoms with Gasteiger partial charge in [0.25, 0.3) is 0 Å². The van der Waals surface area contributed by atoms with E-state index in [1.165, 1.54) is 0 Å². The molecule has 0 bridgehead atoms. The Morgan fingerprint density at radius 2 is 1.80 bits per heavy atom. The van der Waals surface area contributed by atoms with Crippen molar-refractivity contribution in [1.29, 1.82) is 0 Å². The normalized spacial score (nSPS) is 10.4. The topological polar surface area (TPSA) is 21.3 Å². The number of ether oxygens (including phenoxy) is 1. The molecular weight excluding hydrogens is 361 g/mol. The van der Waals surface area contributed by atoms with E-state index < -0.39 is 0 Å². The van der Waals surface area contributed by atoms with E-state index in [4.69, 9.17) is 27.9 Å². The lowest BCUT2D eigenvalue weighted by Gasteiger charge is -2.14. The summed E-state index contributed by atoms with van der Waals surface area (Å²) in [5, 5.41) is 4.72. The number of hydrogen-bond donors (Lipinski definition) is 1. The zero-order valence-corrected chi connectivity index (χ0v) is 14.0. The Kier molecular flexibility index (Phi) is 5.58. The summed E-state index contributed by atoms with van der Waals surface area (Å²) in [6.45, 7) is 3.21. The van der Waals surface area contributed by atoms with Crippen LogP contribution in [0.3, 0.4) is 0 Å². The number of halogens is 3. The fourth-order valence-corrected chi connectivity index (χ4v) is 2.83. The number of anilines is 1. The monoisotopic (exact) mass is 373 g/mol.